The summed E-state index contributed by atoms with van der Waals surface area (Å²) in [6.07, 6.45) is -5.43. The second-order valence-corrected chi connectivity index (χ2v) is 6.78. The highest BCUT2D eigenvalue weighted by Crippen LogP contribution is 2.33. The van der Waals surface area contributed by atoms with Crippen molar-refractivity contribution in [3.8, 4) is 0 Å². The van der Waals surface area contributed by atoms with Crippen LogP contribution in [0.4, 0.5) is 17.6 Å². The molecular formula is C20H18F4N4. The second kappa shape index (κ2) is 7.35. The molecule has 0 spiro atoms. The van der Waals surface area contributed by atoms with E-state index in [1.807, 2.05) is 35.2 Å². The van der Waals surface area contributed by atoms with Crippen molar-refractivity contribution in [1.82, 2.24) is 19.7 Å². The molecule has 28 heavy (non-hydrogen) atoms. The van der Waals surface area contributed by atoms with Gasteiger partial charge in [0.15, 0.2) is 0 Å². The van der Waals surface area contributed by atoms with E-state index in [0.29, 0.717) is 31.0 Å². The first kappa shape index (κ1) is 18.6. The van der Waals surface area contributed by atoms with E-state index in [4.69, 9.17) is 0 Å². The number of fused-ring (bicyclic) bond motifs is 1. The molecule has 0 saturated carbocycles. The van der Waals surface area contributed by atoms with Crippen molar-refractivity contribution in [3.05, 3.63) is 83.2 Å². The van der Waals surface area contributed by atoms with Crippen molar-refractivity contribution in [2.24, 2.45) is 0 Å². The normalized spacial score (nSPS) is 16.0. The Hall–Kier alpha value is -2.74. The molecule has 0 N–H and O–H groups in total. The van der Waals surface area contributed by atoms with Gasteiger partial charge in [-0.25, -0.2) is 4.39 Å². The Bertz CT molecular complexity index is 952. The van der Waals surface area contributed by atoms with Crippen molar-refractivity contribution in [2.45, 2.75) is 31.7 Å². The van der Waals surface area contributed by atoms with E-state index >= 15 is 0 Å². The quantitative estimate of drug-likeness (QED) is 0.629. The smallest absolute Gasteiger partial charge is 0.312 e. The summed E-state index contributed by atoms with van der Waals surface area (Å²) < 4.78 is 54.3. The zero-order chi connectivity index (χ0) is 19.7. The lowest BCUT2D eigenvalue weighted by Crippen LogP contribution is -2.38. The summed E-state index contributed by atoms with van der Waals surface area (Å²) in [7, 11) is 0. The summed E-state index contributed by atoms with van der Waals surface area (Å²) in [5.41, 5.74) is 1.44. The third-order valence-corrected chi connectivity index (χ3v) is 4.90. The minimum Gasteiger partial charge on any atom is -0.312 e. The van der Waals surface area contributed by atoms with Gasteiger partial charge < -0.3 is 4.57 Å². The molecule has 2 heterocycles. The molecule has 0 amide bonds. The van der Waals surface area contributed by atoms with Crippen molar-refractivity contribution in [3.63, 3.8) is 0 Å². The van der Waals surface area contributed by atoms with Gasteiger partial charge in [0, 0.05) is 18.7 Å². The minimum absolute atomic E-state index is 0.0793. The van der Waals surface area contributed by atoms with Gasteiger partial charge in [-0.2, -0.15) is 13.2 Å². The zero-order valence-electron chi connectivity index (χ0n) is 14.9. The molecule has 3 aromatic rings. The molecule has 4 nitrogen and oxygen atoms in total. The van der Waals surface area contributed by atoms with Crippen molar-refractivity contribution in [1.29, 1.82) is 0 Å². The molecule has 2 aromatic carbocycles. The van der Waals surface area contributed by atoms with Gasteiger partial charge in [-0.05, 0) is 11.6 Å². The van der Waals surface area contributed by atoms with Crippen LogP contribution in [0, 0.1) is 5.82 Å². The maximum Gasteiger partial charge on any atom is 0.396 e. The lowest BCUT2D eigenvalue weighted by molar-refractivity contribution is -0.129. The predicted molar refractivity (Wildman–Crippen MR) is 94.9 cm³/mol. The number of halogens is 4. The maximum atomic E-state index is 14.6. The van der Waals surface area contributed by atoms with E-state index in [1.54, 1.807) is 18.2 Å². The van der Waals surface area contributed by atoms with E-state index in [-0.39, 0.29) is 17.7 Å². The molecule has 1 atom stereocenters. The average Bonchev–Trinajstić information content (AvgIpc) is 3.05. The Balaban J connectivity index is 1.67. The van der Waals surface area contributed by atoms with Crippen molar-refractivity contribution >= 4 is 0 Å². The van der Waals surface area contributed by atoms with E-state index in [1.165, 1.54) is 10.6 Å². The van der Waals surface area contributed by atoms with Crippen LogP contribution in [0.3, 0.4) is 0 Å². The Labute approximate surface area is 159 Å². The fraction of sp³-hybridized carbons (Fsp3) is 0.300. The van der Waals surface area contributed by atoms with Gasteiger partial charge in [0.25, 0.3) is 0 Å². The molecule has 1 aliphatic heterocycles. The number of rotatable bonds is 4. The number of alkyl halides is 3. The summed E-state index contributed by atoms with van der Waals surface area (Å²) in [5.74, 6) is 0.0632. The molecule has 1 unspecified atom stereocenters. The Morgan fingerprint density at radius 2 is 1.64 bits per heavy atom. The second-order valence-electron chi connectivity index (χ2n) is 6.78. The number of nitrogens with zero attached hydrogens (tertiary/aromatic N) is 4. The van der Waals surface area contributed by atoms with E-state index < -0.39 is 12.6 Å². The highest BCUT2D eigenvalue weighted by Gasteiger charge is 2.34. The third kappa shape index (κ3) is 3.77. The van der Waals surface area contributed by atoms with Crippen LogP contribution in [0.15, 0.2) is 54.6 Å². The average molecular weight is 390 g/mol. The van der Waals surface area contributed by atoms with Crippen molar-refractivity contribution in [2.75, 3.05) is 6.54 Å². The lowest BCUT2D eigenvalue weighted by atomic mass is 9.96. The number of hydrogen-bond donors (Lipinski definition) is 0. The van der Waals surface area contributed by atoms with Crippen LogP contribution < -0.4 is 0 Å². The van der Waals surface area contributed by atoms with Gasteiger partial charge in [0.1, 0.15) is 23.9 Å². The minimum atomic E-state index is -4.33. The number of benzene rings is 2. The van der Waals surface area contributed by atoms with Crippen molar-refractivity contribution < 1.29 is 17.6 Å². The highest BCUT2D eigenvalue weighted by molar-refractivity contribution is 5.33. The van der Waals surface area contributed by atoms with Crippen LogP contribution in [0.1, 0.15) is 28.8 Å². The summed E-state index contributed by atoms with van der Waals surface area (Å²) in [6, 6.07) is 15.7. The zero-order valence-corrected chi connectivity index (χ0v) is 14.9. The molecule has 0 fully saturated rings. The van der Waals surface area contributed by atoms with Gasteiger partial charge in [-0.1, -0.05) is 48.5 Å². The van der Waals surface area contributed by atoms with Crippen LogP contribution >= 0.6 is 0 Å². The van der Waals surface area contributed by atoms with Crippen LogP contribution in [0.25, 0.3) is 0 Å². The summed E-state index contributed by atoms with van der Waals surface area (Å²) >= 11 is 0. The number of aromatic nitrogens is 3. The summed E-state index contributed by atoms with van der Waals surface area (Å²) in [6.45, 7) is 1.08. The van der Waals surface area contributed by atoms with Gasteiger partial charge in [-0.15, -0.1) is 10.2 Å². The predicted octanol–water partition coefficient (Wildman–Crippen LogP) is 4.13. The fourth-order valence-electron chi connectivity index (χ4n) is 3.69. The maximum absolute atomic E-state index is 14.6. The lowest BCUT2D eigenvalue weighted by Gasteiger charge is -2.35. The molecule has 1 aromatic heterocycles. The molecule has 0 saturated heterocycles. The Kier molecular flexibility index (Phi) is 4.89. The van der Waals surface area contributed by atoms with E-state index in [0.717, 1.165) is 5.56 Å². The fourth-order valence-corrected chi connectivity index (χ4v) is 3.69. The Morgan fingerprint density at radius 3 is 2.36 bits per heavy atom. The van der Waals surface area contributed by atoms with Gasteiger partial charge in [0.2, 0.25) is 0 Å². The molecule has 0 aliphatic carbocycles. The van der Waals surface area contributed by atoms with Crippen LogP contribution in [0.2, 0.25) is 0 Å². The Morgan fingerprint density at radius 1 is 0.929 bits per heavy atom. The van der Waals surface area contributed by atoms with Gasteiger partial charge >= 0.3 is 6.18 Å². The molecule has 8 heteroatoms. The molecule has 4 rings (SSSR count). The third-order valence-electron chi connectivity index (χ3n) is 4.90. The first-order valence-electron chi connectivity index (χ1n) is 8.93. The summed E-state index contributed by atoms with van der Waals surface area (Å²) in [4.78, 5) is 2.02. The first-order valence-corrected chi connectivity index (χ1v) is 8.93. The topological polar surface area (TPSA) is 34.0 Å². The molecule has 1 aliphatic rings. The molecule has 0 bridgehead atoms. The SMILES string of the molecule is Fc1ccccc1C(c1ccccc1)N1CCn2c(nnc2CC(F)(F)F)C1. The van der Waals surface area contributed by atoms with Crippen LogP contribution in [-0.2, 0) is 19.5 Å². The van der Waals surface area contributed by atoms with Crippen LogP contribution in [0.5, 0.6) is 0 Å². The monoisotopic (exact) mass is 390 g/mol. The van der Waals surface area contributed by atoms with Gasteiger partial charge in [-0.3, -0.25) is 4.90 Å². The van der Waals surface area contributed by atoms with E-state index in [2.05, 4.69) is 10.2 Å². The number of hydrogen-bond acceptors (Lipinski definition) is 3. The van der Waals surface area contributed by atoms with E-state index in [9.17, 15) is 17.6 Å². The van der Waals surface area contributed by atoms with Gasteiger partial charge in [0.05, 0.1) is 12.6 Å². The summed E-state index contributed by atoms with van der Waals surface area (Å²) in [5, 5.41) is 7.69. The van der Waals surface area contributed by atoms with Crippen LogP contribution in [-0.4, -0.2) is 32.4 Å². The standard InChI is InChI=1S/C20H18F4N4/c21-16-9-5-4-8-15(16)19(14-6-2-1-3-7-14)27-10-11-28-17(12-20(22,23)24)25-26-18(28)13-27/h1-9,19H,10-13H2. The largest absolute Gasteiger partial charge is 0.396 e. The molecular weight excluding hydrogens is 372 g/mol. The highest BCUT2D eigenvalue weighted by atomic mass is 19.4. The first-order chi connectivity index (χ1) is 13.4. The molecule has 146 valence electrons. The molecule has 0 radical (unpaired) electrons.